The molecule has 6 N–H and O–H groups in total. The van der Waals surface area contributed by atoms with Crippen molar-refractivity contribution in [1.82, 2.24) is 5.32 Å². The van der Waals surface area contributed by atoms with E-state index in [0.717, 1.165) is 11.1 Å². The second-order valence-corrected chi connectivity index (χ2v) is 8.27. The first kappa shape index (κ1) is 27.1. The molecule has 0 aliphatic rings. The monoisotopic (exact) mass is 516 g/mol. The van der Waals surface area contributed by atoms with E-state index in [1.807, 2.05) is 60.7 Å². The average Bonchev–Trinajstić information content (AvgIpc) is 2.91. The molecule has 0 spiro atoms. The number of amides is 1. The molecule has 1 atom stereocenters. The van der Waals surface area contributed by atoms with Crippen LogP contribution >= 0.6 is 12.4 Å². The van der Waals surface area contributed by atoms with Crippen molar-refractivity contribution in [2.75, 3.05) is 5.32 Å². The van der Waals surface area contributed by atoms with Crippen LogP contribution in [-0.4, -0.2) is 16.8 Å². The fourth-order valence-corrected chi connectivity index (χ4v) is 3.66. The Morgan fingerprint density at radius 2 is 1.51 bits per heavy atom. The van der Waals surface area contributed by atoms with E-state index in [4.69, 9.17) is 15.9 Å². The molecule has 0 saturated heterocycles. The molecule has 4 rings (SSSR count). The van der Waals surface area contributed by atoms with E-state index in [0.29, 0.717) is 23.4 Å². The minimum absolute atomic E-state index is 0. The number of rotatable bonds is 10. The minimum Gasteiger partial charge on any atom is -0.504 e. The lowest BCUT2D eigenvalue weighted by atomic mass is 10.0. The highest BCUT2D eigenvalue weighted by Crippen LogP contribution is 2.31. The van der Waals surface area contributed by atoms with Crippen LogP contribution in [0.4, 0.5) is 5.69 Å². The number of nitrogen functional groups attached to an aromatic ring is 1. The zero-order valence-corrected chi connectivity index (χ0v) is 20.9. The van der Waals surface area contributed by atoms with E-state index in [1.54, 1.807) is 36.4 Å². The molecule has 0 bridgehead atoms. The molecule has 0 heterocycles. The van der Waals surface area contributed by atoms with Gasteiger partial charge in [0.15, 0.2) is 11.5 Å². The quantitative estimate of drug-likeness (QED) is 0.147. The smallest absolute Gasteiger partial charge is 0.247 e. The third kappa shape index (κ3) is 7.49. The molecule has 0 aliphatic heterocycles. The van der Waals surface area contributed by atoms with Gasteiger partial charge in [0.1, 0.15) is 18.5 Å². The third-order valence-corrected chi connectivity index (χ3v) is 5.63. The molecule has 7 nitrogen and oxygen atoms in total. The number of hydrogen-bond donors (Lipinski definition) is 5. The third-order valence-electron chi connectivity index (χ3n) is 5.63. The fourth-order valence-electron chi connectivity index (χ4n) is 3.66. The van der Waals surface area contributed by atoms with Crippen LogP contribution in [0.2, 0.25) is 0 Å². The molecule has 4 aromatic rings. The summed E-state index contributed by atoms with van der Waals surface area (Å²) in [4.78, 5) is 13.3. The molecule has 0 aliphatic carbocycles. The van der Waals surface area contributed by atoms with Crippen molar-refractivity contribution in [1.29, 1.82) is 5.41 Å². The van der Waals surface area contributed by atoms with Crippen molar-refractivity contribution < 1.29 is 14.6 Å². The van der Waals surface area contributed by atoms with Crippen LogP contribution in [-0.2, 0) is 17.9 Å². The van der Waals surface area contributed by atoms with Crippen LogP contribution in [0.25, 0.3) is 0 Å². The molecule has 1 amide bonds. The Labute approximate surface area is 222 Å². The van der Waals surface area contributed by atoms with Gasteiger partial charge in [-0.1, -0.05) is 66.7 Å². The molecule has 0 unspecified atom stereocenters. The van der Waals surface area contributed by atoms with Gasteiger partial charge in [0.2, 0.25) is 5.91 Å². The predicted octanol–water partition coefficient (Wildman–Crippen LogP) is 5.15. The Kier molecular flexibility index (Phi) is 9.52. The number of nitrogens with two attached hydrogens (primary N) is 1. The maximum atomic E-state index is 13.3. The van der Waals surface area contributed by atoms with Gasteiger partial charge in [-0.2, -0.15) is 0 Å². The standard InChI is InChI=1S/C29H28N4O3.ClH/c30-28(31)22-11-14-24(15-12-22)33-27(29(35)32-18-20-7-3-1-4-8-20)23-13-16-25(34)26(17-23)36-19-21-9-5-2-6-10-21;/h1-17,27,33-34H,18-19H2,(H3,30,31)(H,32,35);1H/t27-;/m1./s1. The number of carbonyl (C=O) groups excluding carboxylic acids is 1. The van der Waals surface area contributed by atoms with Crippen molar-refractivity contribution in [2.45, 2.75) is 19.2 Å². The highest BCUT2D eigenvalue weighted by atomic mass is 35.5. The van der Waals surface area contributed by atoms with Crippen LogP contribution in [0.3, 0.4) is 0 Å². The fraction of sp³-hybridized carbons (Fsp3) is 0.103. The molecule has 4 aromatic carbocycles. The molecule has 0 saturated carbocycles. The van der Waals surface area contributed by atoms with E-state index in [1.165, 1.54) is 6.07 Å². The lowest BCUT2D eigenvalue weighted by Crippen LogP contribution is -2.33. The first-order chi connectivity index (χ1) is 17.5. The minimum atomic E-state index is -0.767. The number of anilines is 1. The largest absolute Gasteiger partial charge is 0.504 e. The zero-order valence-electron chi connectivity index (χ0n) is 20.1. The van der Waals surface area contributed by atoms with Crippen molar-refractivity contribution in [2.24, 2.45) is 5.73 Å². The highest BCUT2D eigenvalue weighted by Gasteiger charge is 2.22. The van der Waals surface area contributed by atoms with Gasteiger partial charge in [-0.05, 0) is 53.1 Å². The van der Waals surface area contributed by atoms with Crippen LogP contribution < -0.4 is 21.1 Å². The topological polar surface area (TPSA) is 120 Å². The molecular formula is C29H29ClN4O3. The Balaban J connectivity index is 0.00000380. The highest BCUT2D eigenvalue weighted by molar-refractivity contribution is 5.95. The van der Waals surface area contributed by atoms with Gasteiger partial charge >= 0.3 is 0 Å². The molecule has 37 heavy (non-hydrogen) atoms. The first-order valence-electron chi connectivity index (χ1n) is 11.5. The lowest BCUT2D eigenvalue weighted by molar-refractivity contribution is -0.122. The summed E-state index contributed by atoms with van der Waals surface area (Å²) in [5.41, 5.74) is 9.39. The van der Waals surface area contributed by atoms with Crippen LogP contribution in [0, 0.1) is 5.41 Å². The van der Waals surface area contributed by atoms with Gasteiger partial charge in [-0.15, -0.1) is 12.4 Å². The Bertz CT molecular complexity index is 1320. The van der Waals surface area contributed by atoms with Crippen molar-refractivity contribution >= 4 is 29.8 Å². The van der Waals surface area contributed by atoms with E-state index < -0.39 is 6.04 Å². The number of phenolic OH excluding ortho intramolecular Hbond substituents is 1. The number of phenols is 1. The SMILES string of the molecule is Cl.N=C(N)c1ccc(N[C@@H](C(=O)NCc2ccccc2)c2ccc(O)c(OCc3ccccc3)c2)cc1. The van der Waals surface area contributed by atoms with Gasteiger partial charge < -0.3 is 26.2 Å². The van der Waals surface area contributed by atoms with Gasteiger partial charge in [0.25, 0.3) is 0 Å². The summed E-state index contributed by atoms with van der Waals surface area (Å²) < 4.78 is 5.87. The summed E-state index contributed by atoms with van der Waals surface area (Å²) in [5.74, 6) is 0.00141. The van der Waals surface area contributed by atoms with Crippen molar-refractivity contribution in [3.63, 3.8) is 0 Å². The summed E-state index contributed by atoms with van der Waals surface area (Å²) in [6.45, 7) is 0.652. The second-order valence-electron chi connectivity index (χ2n) is 8.27. The summed E-state index contributed by atoms with van der Waals surface area (Å²) in [6, 6.07) is 30.4. The summed E-state index contributed by atoms with van der Waals surface area (Å²) in [5, 5.41) is 24.2. The first-order valence-corrected chi connectivity index (χ1v) is 11.5. The molecule has 0 aromatic heterocycles. The Morgan fingerprint density at radius 1 is 0.892 bits per heavy atom. The molecular weight excluding hydrogens is 488 g/mol. The van der Waals surface area contributed by atoms with Crippen LogP contribution in [0.5, 0.6) is 11.5 Å². The number of ether oxygens (including phenoxy) is 1. The molecule has 8 heteroatoms. The number of carbonyl (C=O) groups is 1. The summed E-state index contributed by atoms with van der Waals surface area (Å²) in [7, 11) is 0. The summed E-state index contributed by atoms with van der Waals surface area (Å²) >= 11 is 0. The van der Waals surface area contributed by atoms with Gasteiger partial charge in [-0.3, -0.25) is 10.2 Å². The second kappa shape index (κ2) is 13.0. The average molecular weight is 517 g/mol. The number of benzene rings is 4. The molecule has 0 fully saturated rings. The van der Waals surface area contributed by atoms with Gasteiger partial charge in [-0.25, -0.2) is 0 Å². The van der Waals surface area contributed by atoms with Gasteiger partial charge in [0.05, 0.1) is 0 Å². The van der Waals surface area contributed by atoms with Crippen LogP contribution in [0.1, 0.15) is 28.3 Å². The normalized spacial score (nSPS) is 11.0. The zero-order chi connectivity index (χ0) is 25.3. The van der Waals surface area contributed by atoms with Gasteiger partial charge in [0, 0.05) is 17.8 Å². The van der Waals surface area contributed by atoms with E-state index in [9.17, 15) is 9.90 Å². The maximum Gasteiger partial charge on any atom is 0.247 e. The number of hydrogen-bond acceptors (Lipinski definition) is 5. The Morgan fingerprint density at radius 3 is 2.14 bits per heavy atom. The number of nitrogens with one attached hydrogen (secondary N) is 3. The van der Waals surface area contributed by atoms with Crippen molar-refractivity contribution in [3.8, 4) is 11.5 Å². The Hall–Kier alpha value is -4.49. The van der Waals surface area contributed by atoms with Crippen molar-refractivity contribution in [3.05, 3.63) is 125 Å². The number of aromatic hydroxyl groups is 1. The predicted molar refractivity (Wildman–Crippen MR) is 148 cm³/mol. The van der Waals surface area contributed by atoms with E-state index in [-0.39, 0.29) is 42.3 Å². The maximum absolute atomic E-state index is 13.3. The lowest BCUT2D eigenvalue weighted by Gasteiger charge is -2.21. The molecule has 190 valence electrons. The summed E-state index contributed by atoms with van der Waals surface area (Å²) in [6.07, 6.45) is 0. The number of halogens is 1. The van der Waals surface area contributed by atoms with Crippen LogP contribution in [0.15, 0.2) is 103 Å². The number of amidine groups is 1. The van der Waals surface area contributed by atoms with E-state index >= 15 is 0 Å². The molecule has 0 radical (unpaired) electrons. The van der Waals surface area contributed by atoms with E-state index in [2.05, 4.69) is 10.6 Å².